The summed E-state index contributed by atoms with van der Waals surface area (Å²) in [4.78, 5) is 44.8. The number of piperidine rings is 1. The van der Waals surface area contributed by atoms with Crippen LogP contribution in [0.2, 0.25) is 0 Å². The van der Waals surface area contributed by atoms with Gasteiger partial charge in [-0.15, -0.1) is 0 Å². The van der Waals surface area contributed by atoms with Crippen LogP contribution >= 0.6 is 11.3 Å². The second-order valence-corrected chi connectivity index (χ2v) is 10.7. The first-order chi connectivity index (χ1) is 17.5. The van der Waals surface area contributed by atoms with Gasteiger partial charge in [0, 0.05) is 30.6 Å². The van der Waals surface area contributed by atoms with Crippen LogP contribution in [0.15, 0.2) is 36.9 Å². The van der Waals surface area contributed by atoms with Gasteiger partial charge in [0.05, 0.1) is 11.1 Å². The monoisotopic (exact) mass is 504 g/mol. The number of aromatic nitrogens is 2. The Morgan fingerprint density at radius 2 is 1.92 bits per heavy atom. The van der Waals surface area contributed by atoms with Crippen molar-refractivity contribution >= 4 is 55.9 Å². The Hall–Kier alpha value is -3.66. The summed E-state index contributed by atoms with van der Waals surface area (Å²) < 4.78 is 2.14. The van der Waals surface area contributed by atoms with E-state index in [1.54, 1.807) is 6.07 Å². The molecule has 10 heteroatoms. The SMILES string of the molecule is C=CC(=O)Nc1nc(N2CCCCC2)sc1NC(=O)c1ccc2cc3n(c2c1)C1(CCC1)CNC3=O. The Balaban J connectivity index is 1.33. The van der Waals surface area contributed by atoms with E-state index in [1.807, 2.05) is 18.2 Å². The smallest absolute Gasteiger partial charge is 0.268 e. The molecule has 6 rings (SSSR count). The van der Waals surface area contributed by atoms with Crippen LogP contribution in [0.4, 0.5) is 16.0 Å². The molecule has 3 N–H and O–H groups in total. The van der Waals surface area contributed by atoms with Gasteiger partial charge in [-0.25, -0.2) is 4.98 Å². The van der Waals surface area contributed by atoms with E-state index in [4.69, 9.17) is 0 Å². The zero-order valence-corrected chi connectivity index (χ0v) is 20.7. The van der Waals surface area contributed by atoms with Crippen LogP contribution in [0, 0.1) is 0 Å². The van der Waals surface area contributed by atoms with Crippen LogP contribution in [0.1, 0.15) is 59.4 Å². The van der Waals surface area contributed by atoms with E-state index in [2.05, 4.69) is 37.0 Å². The number of rotatable bonds is 5. The molecular weight excluding hydrogens is 476 g/mol. The molecule has 1 saturated carbocycles. The molecule has 1 aromatic carbocycles. The lowest BCUT2D eigenvalue weighted by molar-refractivity contribution is -0.111. The number of hydrogen-bond donors (Lipinski definition) is 3. The molecule has 186 valence electrons. The topological polar surface area (TPSA) is 108 Å². The first-order valence-corrected chi connectivity index (χ1v) is 13.2. The van der Waals surface area contributed by atoms with Gasteiger partial charge in [-0.2, -0.15) is 0 Å². The van der Waals surface area contributed by atoms with Crippen LogP contribution < -0.4 is 20.9 Å². The number of thiazole rings is 1. The molecule has 36 heavy (non-hydrogen) atoms. The minimum absolute atomic E-state index is 0.0766. The fourth-order valence-corrected chi connectivity index (χ4v) is 6.43. The molecule has 1 aliphatic carbocycles. The highest BCUT2D eigenvalue weighted by molar-refractivity contribution is 7.20. The maximum absolute atomic E-state index is 13.4. The molecule has 3 amide bonds. The Bertz CT molecular complexity index is 1400. The second kappa shape index (κ2) is 8.77. The van der Waals surface area contributed by atoms with E-state index >= 15 is 0 Å². The Morgan fingerprint density at radius 3 is 2.64 bits per heavy atom. The van der Waals surface area contributed by atoms with E-state index in [9.17, 15) is 14.4 Å². The van der Waals surface area contributed by atoms with Crippen molar-refractivity contribution in [3.63, 3.8) is 0 Å². The number of nitrogens with one attached hydrogen (secondary N) is 3. The molecule has 3 aliphatic rings. The number of amides is 3. The van der Waals surface area contributed by atoms with E-state index in [1.165, 1.54) is 23.8 Å². The maximum Gasteiger partial charge on any atom is 0.268 e. The summed E-state index contributed by atoms with van der Waals surface area (Å²) in [5.41, 5.74) is 1.92. The van der Waals surface area contributed by atoms with Gasteiger partial charge in [0.25, 0.3) is 11.8 Å². The summed E-state index contributed by atoms with van der Waals surface area (Å²) in [6.07, 6.45) is 7.70. The van der Waals surface area contributed by atoms with Crippen LogP contribution in [0.25, 0.3) is 10.9 Å². The number of anilines is 3. The summed E-state index contributed by atoms with van der Waals surface area (Å²) in [5, 5.41) is 10.9. The van der Waals surface area contributed by atoms with Gasteiger partial charge >= 0.3 is 0 Å². The van der Waals surface area contributed by atoms with Crippen LogP contribution in [0.5, 0.6) is 0 Å². The molecule has 1 saturated heterocycles. The summed E-state index contributed by atoms with van der Waals surface area (Å²) >= 11 is 1.36. The summed E-state index contributed by atoms with van der Waals surface area (Å²) in [6, 6.07) is 7.43. The van der Waals surface area contributed by atoms with E-state index < -0.39 is 0 Å². The molecule has 2 aliphatic heterocycles. The average Bonchev–Trinajstić information content (AvgIpc) is 3.45. The van der Waals surface area contributed by atoms with Gasteiger partial charge in [-0.05, 0) is 62.8 Å². The molecule has 0 unspecified atom stereocenters. The van der Waals surface area contributed by atoms with Crippen molar-refractivity contribution in [3.05, 3.63) is 48.2 Å². The largest absolute Gasteiger partial charge is 0.348 e. The highest BCUT2D eigenvalue weighted by Gasteiger charge is 2.44. The molecule has 0 atom stereocenters. The number of nitrogens with zero attached hydrogens (tertiary/aromatic N) is 3. The van der Waals surface area contributed by atoms with Crippen molar-refractivity contribution in [2.24, 2.45) is 0 Å². The lowest BCUT2D eigenvalue weighted by Gasteiger charge is -2.47. The molecule has 0 bridgehead atoms. The van der Waals surface area contributed by atoms with E-state index in [-0.39, 0.29) is 23.3 Å². The summed E-state index contributed by atoms with van der Waals surface area (Å²) in [7, 11) is 0. The number of carbonyl (C=O) groups is 3. The fraction of sp³-hybridized carbons (Fsp3) is 0.385. The first-order valence-electron chi connectivity index (χ1n) is 12.4. The van der Waals surface area contributed by atoms with Gasteiger partial charge in [0.15, 0.2) is 10.9 Å². The van der Waals surface area contributed by atoms with Crippen molar-refractivity contribution in [3.8, 4) is 0 Å². The van der Waals surface area contributed by atoms with Gasteiger partial charge in [0.2, 0.25) is 5.91 Å². The van der Waals surface area contributed by atoms with Gasteiger partial charge in [-0.1, -0.05) is 24.0 Å². The van der Waals surface area contributed by atoms with E-state index in [0.29, 0.717) is 28.6 Å². The first kappa shape index (κ1) is 22.8. The lowest BCUT2D eigenvalue weighted by atomic mass is 9.75. The lowest BCUT2D eigenvalue weighted by Crippen LogP contribution is -2.55. The van der Waals surface area contributed by atoms with Crippen molar-refractivity contribution in [2.45, 2.75) is 44.1 Å². The van der Waals surface area contributed by atoms with Crippen LogP contribution in [0.3, 0.4) is 0 Å². The fourth-order valence-electron chi connectivity index (χ4n) is 5.46. The zero-order chi connectivity index (χ0) is 24.9. The maximum atomic E-state index is 13.4. The number of hydrogen-bond acceptors (Lipinski definition) is 6. The predicted molar refractivity (Wildman–Crippen MR) is 141 cm³/mol. The van der Waals surface area contributed by atoms with Crippen LogP contribution in [-0.2, 0) is 10.3 Å². The standard InChI is InChI=1S/C26H28N6O3S/c1-2-20(33)28-21-24(36-25(29-21)31-11-4-3-5-12-31)30-22(34)17-8-7-16-13-19-23(35)27-15-26(9-6-10-26)32(19)18(16)14-17/h2,7-8,13-14H,1,3-6,9-12,15H2,(H,27,35)(H,28,33)(H,30,34). The number of benzene rings is 1. The number of carbonyl (C=O) groups excluding carboxylic acids is 3. The van der Waals surface area contributed by atoms with Gasteiger partial charge in [0.1, 0.15) is 10.7 Å². The summed E-state index contributed by atoms with van der Waals surface area (Å²) in [6.45, 7) is 5.94. The van der Waals surface area contributed by atoms with Gasteiger partial charge in [-0.3, -0.25) is 14.4 Å². The highest BCUT2D eigenvalue weighted by atomic mass is 32.1. The van der Waals surface area contributed by atoms with Crippen molar-refractivity contribution < 1.29 is 14.4 Å². The molecule has 2 aromatic heterocycles. The number of fused-ring (bicyclic) bond motifs is 4. The molecule has 2 fully saturated rings. The molecule has 3 aromatic rings. The van der Waals surface area contributed by atoms with Gasteiger partial charge < -0.3 is 25.4 Å². The van der Waals surface area contributed by atoms with Crippen molar-refractivity contribution in [2.75, 3.05) is 35.2 Å². The Morgan fingerprint density at radius 1 is 1.11 bits per heavy atom. The normalized spacial score (nSPS) is 18.3. The van der Waals surface area contributed by atoms with Crippen LogP contribution in [-0.4, -0.2) is 46.9 Å². The molecule has 4 heterocycles. The third-order valence-corrected chi connectivity index (χ3v) is 8.56. The molecule has 0 radical (unpaired) electrons. The molecule has 9 nitrogen and oxygen atoms in total. The summed E-state index contributed by atoms with van der Waals surface area (Å²) in [5.74, 6) is -0.429. The Labute approximate surface area is 212 Å². The zero-order valence-electron chi connectivity index (χ0n) is 19.9. The predicted octanol–water partition coefficient (Wildman–Crippen LogP) is 4.09. The third-order valence-electron chi connectivity index (χ3n) is 7.53. The molecule has 1 spiro atoms. The van der Waals surface area contributed by atoms with E-state index in [0.717, 1.165) is 61.2 Å². The average molecular weight is 505 g/mol. The minimum Gasteiger partial charge on any atom is -0.348 e. The highest BCUT2D eigenvalue weighted by Crippen LogP contribution is 2.44. The quantitative estimate of drug-likeness (QED) is 0.454. The van der Waals surface area contributed by atoms with Crippen molar-refractivity contribution in [1.29, 1.82) is 0 Å². The molecular formula is C26H28N6O3S. The minimum atomic E-state index is -0.383. The third kappa shape index (κ3) is 3.76. The van der Waals surface area contributed by atoms with Crippen molar-refractivity contribution in [1.82, 2.24) is 14.9 Å². The Kier molecular flexibility index (Phi) is 5.55. The second-order valence-electron chi connectivity index (χ2n) is 9.77.